The molecule has 0 unspecified atom stereocenters. The Hall–Kier alpha value is -1.50. The number of halogens is 4. The molecule has 0 radical (unpaired) electrons. The summed E-state index contributed by atoms with van der Waals surface area (Å²) in [6.45, 7) is 0. The van der Waals surface area contributed by atoms with Crippen LogP contribution in [0, 0.1) is 10.1 Å². The third-order valence-corrected chi connectivity index (χ3v) is 1.74. The van der Waals surface area contributed by atoms with E-state index in [9.17, 15) is 23.3 Å². The molecule has 1 aromatic carbocycles. The highest BCUT2D eigenvalue weighted by Gasteiger charge is 2.31. The summed E-state index contributed by atoms with van der Waals surface area (Å²) in [7, 11) is 0. The predicted octanol–water partition coefficient (Wildman–Crippen LogP) is 2.93. The van der Waals surface area contributed by atoms with Gasteiger partial charge in [0.2, 0.25) is 0 Å². The summed E-state index contributed by atoms with van der Waals surface area (Å²) in [6, 6.07) is 2.05. The van der Waals surface area contributed by atoms with Gasteiger partial charge in [-0.15, -0.1) is 10.1 Å². The lowest BCUT2D eigenvalue weighted by Gasteiger charge is -2.08. The van der Waals surface area contributed by atoms with Crippen LogP contribution in [0.1, 0.15) is 5.56 Å². The summed E-state index contributed by atoms with van der Waals surface area (Å²) in [5.41, 5.74) is -1.07. The summed E-state index contributed by atoms with van der Waals surface area (Å²) >= 11 is 5.39. The topological polar surface area (TPSA) is 52.4 Å². The van der Waals surface area contributed by atoms with Gasteiger partial charge in [-0.25, -0.2) is 0 Å². The molecule has 0 fully saturated rings. The van der Waals surface area contributed by atoms with Crippen LogP contribution in [0.2, 0.25) is 5.02 Å². The fourth-order valence-electron chi connectivity index (χ4n) is 0.830. The number of benzene rings is 1. The van der Waals surface area contributed by atoms with Crippen molar-refractivity contribution >= 4 is 11.6 Å². The van der Waals surface area contributed by atoms with Crippen LogP contribution in [0.3, 0.4) is 0 Å². The molecule has 82 valence electrons. The van der Waals surface area contributed by atoms with E-state index in [1.165, 1.54) is 0 Å². The molecule has 8 heteroatoms. The molecular weight excluding hydrogens is 239 g/mol. The standard InChI is InChI=1S/C7H3ClF3NO3/c8-5-2-1-4(7(9,10)11)3-6(5)15-12(13)14/h1-3H. The van der Waals surface area contributed by atoms with Crippen LogP contribution in [0.25, 0.3) is 0 Å². The Balaban J connectivity index is 3.11. The van der Waals surface area contributed by atoms with Crippen LogP contribution >= 0.6 is 11.6 Å². The Bertz CT molecular complexity index is 394. The van der Waals surface area contributed by atoms with Crippen LogP contribution in [-0.4, -0.2) is 5.09 Å². The van der Waals surface area contributed by atoms with Crippen LogP contribution in [-0.2, 0) is 6.18 Å². The first-order chi connectivity index (χ1) is 6.80. The molecule has 0 saturated carbocycles. The van der Waals surface area contributed by atoms with E-state index < -0.39 is 22.6 Å². The highest BCUT2D eigenvalue weighted by Crippen LogP contribution is 2.34. The van der Waals surface area contributed by atoms with E-state index in [-0.39, 0.29) is 5.02 Å². The molecule has 0 amide bonds. The highest BCUT2D eigenvalue weighted by atomic mass is 35.5. The number of alkyl halides is 3. The number of rotatable bonds is 2. The normalized spacial score (nSPS) is 11.2. The van der Waals surface area contributed by atoms with Crippen molar-refractivity contribution in [3.8, 4) is 5.75 Å². The van der Waals surface area contributed by atoms with E-state index in [0.29, 0.717) is 12.1 Å². The van der Waals surface area contributed by atoms with Crippen molar-refractivity contribution in [2.45, 2.75) is 6.18 Å². The Morgan fingerprint density at radius 1 is 1.40 bits per heavy atom. The smallest absolute Gasteiger partial charge is 0.275 e. The van der Waals surface area contributed by atoms with Crippen molar-refractivity contribution in [2.24, 2.45) is 0 Å². The zero-order valence-electron chi connectivity index (χ0n) is 6.92. The largest absolute Gasteiger partial charge is 0.416 e. The monoisotopic (exact) mass is 241 g/mol. The third kappa shape index (κ3) is 2.98. The Morgan fingerprint density at radius 3 is 2.47 bits per heavy atom. The van der Waals surface area contributed by atoms with Crippen molar-refractivity contribution in [3.05, 3.63) is 38.9 Å². The van der Waals surface area contributed by atoms with Crippen LogP contribution in [0.5, 0.6) is 5.75 Å². The molecule has 0 bridgehead atoms. The van der Waals surface area contributed by atoms with Crippen LogP contribution in [0.4, 0.5) is 13.2 Å². The first-order valence-electron chi connectivity index (χ1n) is 3.50. The molecule has 0 aliphatic rings. The maximum Gasteiger partial charge on any atom is 0.416 e. The summed E-state index contributed by atoms with van der Waals surface area (Å²) < 4.78 is 36.5. The van der Waals surface area contributed by atoms with Gasteiger partial charge in [0.1, 0.15) is 5.75 Å². The van der Waals surface area contributed by atoms with E-state index in [2.05, 4.69) is 4.84 Å². The summed E-state index contributed by atoms with van der Waals surface area (Å²) in [5.74, 6) is -0.642. The van der Waals surface area contributed by atoms with Crippen LogP contribution in [0.15, 0.2) is 18.2 Å². The number of hydrogen-bond acceptors (Lipinski definition) is 3. The maximum absolute atomic E-state index is 12.2. The maximum atomic E-state index is 12.2. The molecule has 0 N–H and O–H groups in total. The average Bonchev–Trinajstić information content (AvgIpc) is 2.06. The lowest BCUT2D eigenvalue weighted by Crippen LogP contribution is -2.08. The van der Waals surface area contributed by atoms with Gasteiger partial charge in [0, 0.05) is 0 Å². The molecule has 0 spiro atoms. The fraction of sp³-hybridized carbons (Fsp3) is 0.143. The molecule has 1 aromatic rings. The second kappa shape index (κ2) is 3.93. The molecule has 4 nitrogen and oxygen atoms in total. The summed E-state index contributed by atoms with van der Waals surface area (Å²) in [4.78, 5) is 13.8. The molecule has 1 rings (SSSR count). The predicted molar refractivity (Wildman–Crippen MR) is 44.1 cm³/mol. The molecule has 0 aromatic heterocycles. The lowest BCUT2D eigenvalue weighted by molar-refractivity contribution is -0.711. The van der Waals surface area contributed by atoms with Crippen molar-refractivity contribution in [2.75, 3.05) is 0 Å². The number of hydrogen-bond donors (Lipinski definition) is 0. The molecule has 0 aliphatic heterocycles. The van der Waals surface area contributed by atoms with E-state index >= 15 is 0 Å². The second-order valence-corrected chi connectivity index (χ2v) is 2.87. The highest BCUT2D eigenvalue weighted by molar-refractivity contribution is 6.32. The van der Waals surface area contributed by atoms with Gasteiger partial charge in [-0.1, -0.05) is 11.6 Å². The van der Waals surface area contributed by atoms with Crippen molar-refractivity contribution in [3.63, 3.8) is 0 Å². The van der Waals surface area contributed by atoms with E-state index in [4.69, 9.17) is 11.6 Å². The van der Waals surface area contributed by atoms with E-state index in [1.54, 1.807) is 0 Å². The van der Waals surface area contributed by atoms with Crippen molar-refractivity contribution in [1.29, 1.82) is 0 Å². The molecule has 15 heavy (non-hydrogen) atoms. The van der Waals surface area contributed by atoms with Crippen LogP contribution < -0.4 is 4.84 Å². The zero-order valence-corrected chi connectivity index (χ0v) is 7.67. The average molecular weight is 242 g/mol. The van der Waals surface area contributed by atoms with Gasteiger partial charge in [-0.3, -0.25) is 4.84 Å². The first-order valence-corrected chi connectivity index (χ1v) is 3.87. The SMILES string of the molecule is O=[N+]([O-])Oc1cc(C(F)(F)F)ccc1Cl. The van der Waals surface area contributed by atoms with Crippen molar-refractivity contribution in [1.82, 2.24) is 0 Å². The quantitative estimate of drug-likeness (QED) is 0.591. The third-order valence-electron chi connectivity index (χ3n) is 1.43. The Labute approximate surface area is 86.3 Å². The fourth-order valence-corrected chi connectivity index (χ4v) is 0.982. The van der Waals surface area contributed by atoms with E-state index in [1.807, 2.05) is 0 Å². The van der Waals surface area contributed by atoms with Gasteiger partial charge in [0.05, 0.1) is 10.6 Å². The van der Waals surface area contributed by atoms with E-state index in [0.717, 1.165) is 6.07 Å². The Kier molecular flexibility index (Phi) is 3.04. The van der Waals surface area contributed by atoms with Gasteiger partial charge in [-0.2, -0.15) is 13.2 Å². The molecule has 0 atom stereocenters. The zero-order chi connectivity index (χ0) is 11.6. The lowest BCUT2D eigenvalue weighted by atomic mass is 10.2. The molecule has 0 aliphatic carbocycles. The van der Waals surface area contributed by atoms with Gasteiger partial charge < -0.3 is 0 Å². The second-order valence-electron chi connectivity index (χ2n) is 2.46. The number of nitrogens with zero attached hydrogens (tertiary/aromatic N) is 1. The summed E-state index contributed by atoms with van der Waals surface area (Å²) in [5, 5.41) is 8.43. The van der Waals surface area contributed by atoms with Gasteiger partial charge in [0.25, 0.3) is 5.09 Å². The minimum atomic E-state index is -4.60. The molecular formula is C7H3ClF3NO3. The Morgan fingerprint density at radius 2 is 2.00 bits per heavy atom. The van der Waals surface area contributed by atoms with Crippen molar-refractivity contribution < 1.29 is 23.1 Å². The summed E-state index contributed by atoms with van der Waals surface area (Å²) in [6.07, 6.45) is -4.60. The van der Waals surface area contributed by atoms with Gasteiger partial charge >= 0.3 is 6.18 Å². The minimum Gasteiger partial charge on any atom is -0.275 e. The molecule has 0 saturated heterocycles. The molecule has 0 heterocycles. The van der Waals surface area contributed by atoms with Gasteiger partial charge in [0.15, 0.2) is 0 Å². The van der Waals surface area contributed by atoms with Gasteiger partial charge in [-0.05, 0) is 18.2 Å². The first kappa shape index (κ1) is 11.6. The minimum absolute atomic E-state index is 0.264.